The Labute approximate surface area is 272 Å². The first-order valence-electron chi connectivity index (χ1n) is 13.9. The average Bonchev–Trinajstić information content (AvgIpc) is 3.44. The molecule has 2 heterocycles. The Morgan fingerprint density at radius 1 is 1.04 bits per heavy atom. The fourth-order valence-corrected chi connectivity index (χ4v) is 6.02. The van der Waals surface area contributed by atoms with Crippen LogP contribution < -0.4 is 30.5 Å². The average molecular weight is 689 g/mol. The Morgan fingerprint density at radius 3 is 2.23 bits per heavy atom. The van der Waals surface area contributed by atoms with Crippen LogP contribution in [0.25, 0.3) is 0 Å². The maximum atomic E-state index is 13.8. The number of benzene rings is 3. The molecule has 1 unspecified atom stereocenters. The number of ether oxygens (including phenoxy) is 1. The van der Waals surface area contributed by atoms with Gasteiger partial charge in [0.2, 0.25) is 5.91 Å². The molecule has 0 saturated carbocycles. The third-order valence-corrected chi connectivity index (χ3v) is 8.78. The number of hydrogen-bond acceptors (Lipinski definition) is 7. The number of nitrogens with zero attached hydrogens (tertiary/aromatic N) is 5. The number of carbonyl (C=O) groups excluding carboxylic acids is 2. The molecule has 1 atom stereocenters. The van der Waals surface area contributed by atoms with Crippen LogP contribution in [0.15, 0.2) is 86.6 Å². The lowest BCUT2D eigenvalue weighted by molar-refractivity contribution is -0.752. The van der Waals surface area contributed by atoms with Gasteiger partial charge in [-0.05, 0) is 74.6 Å². The van der Waals surface area contributed by atoms with Gasteiger partial charge in [0.1, 0.15) is 25.4 Å². The van der Waals surface area contributed by atoms with Crippen molar-refractivity contribution >= 4 is 50.5 Å². The van der Waals surface area contributed by atoms with Crippen LogP contribution in [0.1, 0.15) is 23.2 Å². The van der Waals surface area contributed by atoms with E-state index in [1.807, 2.05) is 13.8 Å². The summed E-state index contributed by atoms with van der Waals surface area (Å²) in [4.78, 5) is 29.6. The van der Waals surface area contributed by atoms with Gasteiger partial charge in [0, 0.05) is 5.69 Å². The number of carbonyl (C=O) groups is 2. The van der Waals surface area contributed by atoms with Crippen LogP contribution in [0.2, 0.25) is 0 Å². The SMILES string of the molecule is Cc1ccc(N2C(=O)C(CC(=O)Nc3ccc(OC(F)(F)F)cc3)N(Cc3/c(=N/S(=O)(=O)c4ccc(C)cc4)o[n-][n+]3C)C2=S)cc1. The quantitative estimate of drug-likeness (QED) is 0.207. The predicted octanol–water partition coefficient (Wildman–Crippen LogP) is 3.40. The van der Waals surface area contributed by atoms with E-state index in [2.05, 4.69) is 19.7 Å². The molecule has 3 aromatic carbocycles. The van der Waals surface area contributed by atoms with Crippen molar-refractivity contribution in [2.75, 3.05) is 10.2 Å². The normalized spacial score (nSPS) is 15.8. The van der Waals surface area contributed by atoms with Gasteiger partial charge in [-0.1, -0.05) is 35.4 Å². The molecule has 246 valence electrons. The Balaban J connectivity index is 1.45. The topological polar surface area (TPSA) is 140 Å². The van der Waals surface area contributed by atoms with Crippen molar-refractivity contribution in [3.05, 3.63) is 95.2 Å². The van der Waals surface area contributed by atoms with Crippen molar-refractivity contribution < 1.29 is 45.1 Å². The van der Waals surface area contributed by atoms with Crippen molar-refractivity contribution in [1.29, 1.82) is 0 Å². The number of nitrogens with one attached hydrogen (secondary N) is 1. The van der Waals surface area contributed by atoms with Crippen LogP contribution in [0.4, 0.5) is 24.5 Å². The van der Waals surface area contributed by atoms with E-state index in [1.54, 1.807) is 36.4 Å². The highest BCUT2D eigenvalue weighted by Crippen LogP contribution is 2.29. The Bertz CT molecular complexity index is 1990. The molecular weight excluding hydrogens is 661 g/mol. The van der Waals surface area contributed by atoms with Gasteiger partial charge in [0.05, 0.1) is 17.0 Å². The number of thiocarbonyl (C=S) groups is 1. The second kappa shape index (κ2) is 13.0. The van der Waals surface area contributed by atoms with Gasteiger partial charge in [-0.15, -0.1) is 17.6 Å². The molecule has 2 amide bonds. The molecular formula is C30H27F3N6O6S2. The van der Waals surface area contributed by atoms with Crippen molar-refractivity contribution in [2.24, 2.45) is 11.4 Å². The molecule has 0 bridgehead atoms. The highest BCUT2D eigenvalue weighted by molar-refractivity contribution is 7.90. The molecule has 47 heavy (non-hydrogen) atoms. The summed E-state index contributed by atoms with van der Waals surface area (Å²) in [5, 5.41) is 6.40. The third kappa shape index (κ3) is 7.69. The van der Waals surface area contributed by atoms with Crippen molar-refractivity contribution in [2.45, 2.75) is 44.1 Å². The first-order chi connectivity index (χ1) is 22.1. The van der Waals surface area contributed by atoms with E-state index in [1.165, 1.54) is 45.8 Å². The van der Waals surface area contributed by atoms with Crippen LogP contribution in [-0.2, 0) is 33.2 Å². The zero-order chi connectivity index (χ0) is 34.1. The minimum absolute atomic E-state index is 0.0267. The van der Waals surface area contributed by atoms with Gasteiger partial charge in [0.15, 0.2) is 5.11 Å². The van der Waals surface area contributed by atoms with Gasteiger partial charge < -0.3 is 19.5 Å². The molecule has 0 aliphatic carbocycles. The third-order valence-electron chi connectivity index (χ3n) is 7.09. The number of hydrogen-bond donors (Lipinski definition) is 1. The number of amides is 2. The number of sulfonamides is 1. The number of rotatable bonds is 9. The monoisotopic (exact) mass is 688 g/mol. The summed E-state index contributed by atoms with van der Waals surface area (Å²) in [6.07, 6.45) is -5.30. The predicted molar refractivity (Wildman–Crippen MR) is 164 cm³/mol. The lowest BCUT2D eigenvalue weighted by Crippen LogP contribution is -2.45. The molecule has 5 rings (SSSR count). The van der Waals surface area contributed by atoms with Crippen LogP contribution in [0, 0.1) is 13.8 Å². The zero-order valence-electron chi connectivity index (χ0n) is 25.1. The second-order valence-corrected chi connectivity index (χ2v) is 12.6. The Morgan fingerprint density at radius 2 is 1.64 bits per heavy atom. The van der Waals surface area contributed by atoms with Gasteiger partial charge in [0.25, 0.3) is 27.2 Å². The van der Waals surface area contributed by atoms with Crippen molar-refractivity contribution in [3.63, 3.8) is 0 Å². The molecule has 0 radical (unpaired) electrons. The van der Waals surface area contributed by atoms with Crippen LogP contribution in [0.3, 0.4) is 0 Å². The molecule has 1 saturated heterocycles. The van der Waals surface area contributed by atoms with Crippen LogP contribution in [0.5, 0.6) is 5.75 Å². The lowest BCUT2D eigenvalue weighted by atomic mass is 10.1. The summed E-state index contributed by atoms with van der Waals surface area (Å²) in [5.41, 5.74) is 2.19. The molecule has 1 aliphatic rings. The lowest BCUT2D eigenvalue weighted by Gasteiger charge is -2.22. The molecule has 1 fully saturated rings. The fraction of sp³-hybridized carbons (Fsp3) is 0.233. The summed E-state index contributed by atoms with van der Waals surface area (Å²) in [6, 6.07) is 16.3. The number of halogens is 3. The molecule has 1 N–H and O–H groups in total. The molecule has 1 aromatic heterocycles. The summed E-state index contributed by atoms with van der Waals surface area (Å²) in [7, 11) is -2.73. The van der Waals surface area contributed by atoms with E-state index in [0.717, 1.165) is 23.3 Å². The van der Waals surface area contributed by atoms with E-state index >= 15 is 0 Å². The zero-order valence-corrected chi connectivity index (χ0v) is 26.7. The Kier molecular flexibility index (Phi) is 9.22. The number of alkyl halides is 3. The number of aromatic nitrogens is 2. The van der Waals surface area contributed by atoms with E-state index in [0.29, 0.717) is 5.69 Å². The standard InChI is InChI=1S/C30H27F3N6O6S2/c1-18-4-10-21(11-5-18)39-28(41)24(16-26(40)34-20-8-12-22(13-9-20)44-30(31,32)33)38(29(39)46)17-25-27(45-36-37(25)3)35-47(42,43)23-14-6-19(2)7-15-23/h4-15,24H,16-17H2,1-3H3,(H,34,40)/b35-27-. The number of anilines is 2. The number of aryl methyl sites for hydroxylation is 3. The van der Waals surface area contributed by atoms with Crippen LogP contribution in [-0.4, -0.2) is 42.6 Å². The molecule has 12 nitrogen and oxygen atoms in total. The minimum atomic E-state index is -4.88. The molecule has 1 aliphatic heterocycles. The smallest absolute Gasteiger partial charge is 0.486 e. The van der Waals surface area contributed by atoms with E-state index in [4.69, 9.17) is 16.7 Å². The minimum Gasteiger partial charge on any atom is -0.486 e. The first-order valence-corrected chi connectivity index (χ1v) is 15.7. The van der Waals surface area contributed by atoms with E-state index < -0.39 is 46.4 Å². The molecule has 4 aromatic rings. The molecule has 17 heteroatoms. The van der Waals surface area contributed by atoms with Crippen molar-refractivity contribution in [1.82, 2.24) is 10.2 Å². The van der Waals surface area contributed by atoms with Gasteiger partial charge in [-0.3, -0.25) is 19.8 Å². The fourth-order valence-electron chi connectivity index (χ4n) is 4.69. The highest BCUT2D eigenvalue weighted by Gasteiger charge is 2.45. The summed E-state index contributed by atoms with van der Waals surface area (Å²) in [5.74, 6) is -1.65. The maximum Gasteiger partial charge on any atom is 0.573 e. The van der Waals surface area contributed by atoms with Crippen molar-refractivity contribution in [3.8, 4) is 5.75 Å². The summed E-state index contributed by atoms with van der Waals surface area (Å²) in [6.45, 7) is 3.45. The molecule has 0 spiro atoms. The van der Waals surface area contributed by atoms with Gasteiger partial charge >= 0.3 is 6.36 Å². The first kappa shape index (κ1) is 33.3. The highest BCUT2D eigenvalue weighted by atomic mass is 32.2. The van der Waals surface area contributed by atoms with E-state index in [9.17, 15) is 31.2 Å². The summed E-state index contributed by atoms with van der Waals surface area (Å²) < 4.78 is 77.9. The largest absolute Gasteiger partial charge is 0.573 e. The van der Waals surface area contributed by atoms with E-state index in [-0.39, 0.29) is 33.5 Å². The van der Waals surface area contributed by atoms with Gasteiger partial charge in [-0.25, -0.2) is 4.68 Å². The Hall–Kier alpha value is -5.03. The second-order valence-electron chi connectivity index (χ2n) is 10.6. The maximum absolute atomic E-state index is 13.8. The summed E-state index contributed by atoms with van der Waals surface area (Å²) >= 11 is 5.71. The van der Waals surface area contributed by atoms with Crippen LogP contribution >= 0.6 is 12.2 Å². The van der Waals surface area contributed by atoms with Gasteiger partial charge in [-0.2, -0.15) is 8.42 Å².